The van der Waals surface area contributed by atoms with Crippen molar-refractivity contribution in [2.45, 2.75) is 26.8 Å². The monoisotopic (exact) mass is 366 g/mol. The van der Waals surface area contributed by atoms with Gasteiger partial charge in [0.15, 0.2) is 5.69 Å². The molecule has 3 aromatic rings. The van der Waals surface area contributed by atoms with Gasteiger partial charge in [0.25, 0.3) is 11.6 Å². The third kappa shape index (κ3) is 3.55. The van der Waals surface area contributed by atoms with E-state index in [9.17, 15) is 20.0 Å². The number of benzene rings is 2. The van der Waals surface area contributed by atoms with E-state index in [0.717, 1.165) is 17.5 Å². The molecule has 1 amide bonds. The number of rotatable bonds is 5. The number of hydrogen-bond acceptors (Lipinski definition) is 5. The number of azo groups is 1. The van der Waals surface area contributed by atoms with E-state index < -0.39 is 10.8 Å². The fraction of sp³-hybridized carbons (Fsp3) is 0.211. The van der Waals surface area contributed by atoms with Crippen molar-refractivity contribution < 1.29 is 14.8 Å². The fourth-order valence-corrected chi connectivity index (χ4v) is 2.86. The van der Waals surface area contributed by atoms with E-state index in [1.165, 1.54) is 24.3 Å². The number of nitro groups is 1. The zero-order valence-electron chi connectivity index (χ0n) is 14.9. The van der Waals surface area contributed by atoms with Crippen LogP contribution in [0.3, 0.4) is 0 Å². The molecule has 0 aliphatic heterocycles. The molecule has 0 spiro atoms. The maximum absolute atomic E-state index is 12.2. The Hall–Kier alpha value is -3.55. The molecule has 0 atom stereocenters. The lowest BCUT2D eigenvalue weighted by molar-refractivity contribution is -0.384. The Morgan fingerprint density at radius 3 is 2.56 bits per heavy atom. The topological polar surface area (TPSA) is 110 Å². The smallest absolute Gasteiger partial charge is 0.295 e. The lowest BCUT2D eigenvalue weighted by atomic mass is 10.1. The molecule has 0 fully saturated rings. The molecule has 0 aliphatic carbocycles. The first-order valence-electron chi connectivity index (χ1n) is 8.44. The normalized spacial score (nSPS) is 11.3. The van der Waals surface area contributed by atoms with Crippen LogP contribution in [0.25, 0.3) is 10.9 Å². The fourth-order valence-electron chi connectivity index (χ4n) is 2.86. The first-order chi connectivity index (χ1) is 12.9. The summed E-state index contributed by atoms with van der Waals surface area (Å²) in [5, 5.41) is 29.6. The van der Waals surface area contributed by atoms with Gasteiger partial charge < -0.3 is 9.67 Å². The molecule has 1 heterocycles. The molecule has 2 aromatic carbocycles. The Morgan fingerprint density at radius 2 is 1.93 bits per heavy atom. The van der Waals surface area contributed by atoms with Crippen LogP contribution >= 0.6 is 0 Å². The molecule has 138 valence electrons. The highest BCUT2D eigenvalue weighted by Gasteiger charge is 2.17. The van der Waals surface area contributed by atoms with E-state index in [1.807, 2.05) is 32.0 Å². The average Bonchev–Trinajstić information content (AvgIpc) is 2.91. The van der Waals surface area contributed by atoms with Crippen LogP contribution in [0.15, 0.2) is 52.7 Å². The molecule has 1 N–H and O–H groups in total. The number of carbonyl (C=O) groups is 1. The number of nitro benzene ring substituents is 1. The van der Waals surface area contributed by atoms with Gasteiger partial charge in [-0.2, -0.15) is 0 Å². The van der Waals surface area contributed by atoms with Crippen molar-refractivity contribution in [2.75, 3.05) is 0 Å². The molecule has 0 bridgehead atoms. The summed E-state index contributed by atoms with van der Waals surface area (Å²) in [5.74, 6) is -0.689. The molecule has 0 radical (unpaired) electrons. The number of fused-ring (bicyclic) bond motifs is 1. The molecular formula is C19H18N4O4. The van der Waals surface area contributed by atoms with E-state index in [0.29, 0.717) is 11.9 Å². The van der Waals surface area contributed by atoms with Crippen molar-refractivity contribution in [3.05, 3.63) is 63.7 Å². The van der Waals surface area contributed by atoms with Crippen LogP contribution in [0.1, 0.15) is 29.3 Å². The minimum Gasteiger partial charge on any atom is -0.493 e. The Bertz CT molecular complexity index is 1050. The van der Waals surface area contributed by atoms with Crippen LogP contribution in [-0.2, 0) is 6.54 Å². The molecule has 0 saturated heterocycles. The van der Waals surface area contributed by atoms with Gasteiger partial charge >= 0.3 is 0 Å². The predicted octanol–water partition coefficient (Wildman–Crippen LogP) is 4.90. The highest BCUT2D eigenvalue weighted by molar-refractivity contribution is 5.97. The van der Waals surface area contributed by atoms with Crippen LogP contribution < -0.4 is 0 Å². The molecule has 0 saturated carbocycles. The van der Waals surface area contributed by atoms with E-state index in [1.54, 1.807) is 4.57 Å². The van der Waals surface area contributed by atoms with Crippen molar-refractivity contribution >= 4 is 28.2 Å². The van der Waals surface area contributed by atoms with Crippen LogP contribution in [0.2, 0.25) is 0 Å². The Morgan fingerprint density at radius 1 is 1.22 bits per heavy atom. The number of aromatic nitrogens is 1. The third-order valence-corrected chi connectivity index (χ3v) is 4.18. The highest BCUT2D eigenvalue weighted by Crippen LogP contribution is 2.39. The molecule has 0 unspecified atom stereocenters. The van der Waals surface area contributed by atoms with Crippen molar-refractivity contribution in [3.8, 4) is 5.88 Å². The summed E-state index contributed by atoms with van der Waals surface area (Å²) in [6, 6.07) is 10.8. The Kier molecular flexibility index (Phi) is 4.98. The van der Waals surface area contributed by atoms with Gasteiger partial charge in [-0.15, -0.1) is 10.2 Å². The second-order valence-electron chi connectivity index (χ2n) is 6.15. The molecule has 3 rings (SSSR count). The zero-order valence-corrected chi connectivity index (χ0v) is 14.9. The summed E-state index contributed by atoms with van der Waals surface area (Å²) in [5.41, 5.74) is 2.11. The van der Waals surface area contributed by atoms with Gasteiger partial charge in [0, 0.05) is 29.6 Å². The van der Waals surface area contributed by atoms with Crippen molar-refractivity contribution in [1.29, 1.82) is 0 Å². The van der Waals surface area contributed by atoms with Crippen LogP contribution in [0.4, 0.5) is 11.4 Å². The number of hydrogen-bond donors (Lipinski definition) is 1. The summed E-state index contributed by atoms with van der Waals surface area (Å²) in [6.07, 6.45) is 0.823. The van der Waals surface area contributed by atoms with Gasteiger partial charge in [0.1, 0.15) is 0 Å². The molecule has 1 aromatic heterocycles. The number of nitrogens with zero attached hydrogens (tertiary/aromatic N) is 4. The summed E-state index contributed by atoms with van der Waals surface area (Å²) in [7, 11) is 0. The van der Waals surface area contributed by atoms with Gasteiger partial charge in [-0.1, -0.05) is 18.6 Å². The van der Waals surface area contributed by atoms with Crippen LogP contribution in [-0.4, -0.2) is 20.5 Å². The average molecular weight is 366 g/mol. The number of carbonyl (C=O) groups excluding carboxylic acids is 1. The SMILES string of the molecule is CCCn1c(O)c(N=NC(=O)c2ccc([N+](=O)[O-])cc2)c2cc(C)ccc21. The summed E-state index contributed by atoms with van der Waals surface area (Å²) >= 11 is 0. The second kappa shape index (κ2) is 7.36. The molecule has 27 heavy (non-hydrogen) atoms. The van der Waals surface area contributed by atoms with Crippen molar-refractivity contribution in [3.63, 3.8) is 0 Å². The van der Waals surface area contributed by atoms with E-state index in [4.69, 9.17) is 0 Å². The Balaban J connectivity index is 1.97. The maximum Gasteiger partial charge on any atom is 0.295 e. The lowest BCUT2D eigenvalue weighted by Crippen LogP contribution is -1.95. The second-order valence-corrected chi connectivity index (χ2v) is 6.15. The number of aromatic hydroxyl groups is 1. The standard InChI is InChI=1S/C19H18N4O4/c1-3-10-22-16-9-4-12(2)11-15(16)17(19(22)25)20-21-18(24)13-5-7-14(8-6-13)23(26)27/h4-9,11,25H,3,10H2,1-2H3. The van der Waals surface area contributed by atoms with Gasteiger partial charge in [0.2, 0.25) is 5.88 Å². The minimum atomic E-state index is -0.645. The molecule has 0 aliphatic rings. The summed E-state index contributed by atoms with van der Waals surface area (Å²) in [4.78, 5) is 22.4. The summed E-state index contributed by atoms with van der Waals surface area (Å²) in [6.45, 7) is 4.53. The number of non-ortho nitro benzene ring substituents is 1. The molecule has 8 nitrogen and oxygen atoms in total. The maximum atomic E-state index is 12.2. The first kappa shape index (κ1) is 18.2. The lowest BCUT2D eigenvalue weighted by Gasteiger charge is -2.04. The van der Waals surface area contributed by atoms with Crippen molar-refractivity contribution in [1.82, 2.24) is 4.57 Å². The van der Waals surface area contributed by atoms with Crippen molar-refractivity contribution in [2.24, 2.45) is 10.2 Å². The largest absolute Gasteiger partial charge is 0.493 e. The first-order valence-corrected chi connectivity index (χ1v) is 8.44. The van der Waals surface area contributed by atoms with Gasteiger partial charge in [-0.05, 0) is 37.6 Å². The van der Waals surface area contributed by atoms with E-state index in [-0.39, 0.29) is 22.8 Å². The van der Waals surface area contributed by atoms with Crippen LogP contribution in [0, 0.1) is 17.0 Å². The molecular weight excluding hydrogens is 348 g/mol. The Labute approximate surface area is 154 Å². The van der Waals surface area contributed by atoms with Gasteiger partial charge in [-0.25, -0.2) is 0 Å². The third-order valence-electron chi connectivity index (χ3n) is 4.18. The van der Waals surface area contributed by atoms with Gasteiger partial charge in [-0.3, -0.25) is 14.9 Å². The van der Waals surface area contributed by atoms with E-state index >= 15 is 0 Å². The highest BCUT2D eigenvalue weighted by atomic mass is 16.6. The number of aryl methyl sites for hydroxylation is 2. The zero-order chi connectivity index (χ0) is 19.6. The van der Waals surface area contributed by atoms with E-state index in [2.05, 4.69) is 10.2 Å². The predicted molar refractivity (Wildman–Crippen MR) is 101 cm³/mol. The molecule has 8 heteroatoms. The quantitative estimate of drug-likeness (QED) is 0.393. The number of amides is 1. The van der Waals surface area contributed by atoms with Crippen LogP contribution in [0.5, 0.6) is 5.88 Å². The minimum absolute atomic E-state index is 0.0438. The van der Waals surface area contributed by atoms with Gasteiger partial charge in [0.05, 0.1) is 10.4 Å². The summed E-state index contributed by atoms with van der Waals surface area (Å²) < 4.78 is 1.74.